The summed E-state index contributed by atoms with van der Waals surface area (Å²) in [5.74, 6) is 0.587. The summed E-state index contributed by atoms with van der Waals surface area (Å²) < 4.78 is 33.5. The Morgan fingerprint density at radius 3 is 2.40 bits per heavy atom. The Hall–Kier alpha value is -2.84. The standard InChI is InChI=1S/C22H25N3O4S/c1-15(2)21-17-14-16(8-9-18(17)23-22(21)26)30(27,28)25-12-10-24(11-13-25)19-6-4-5-7-20(19)29-3/h4-9,14H,10-13H2,1-3H3,(H,23,26). The molecule has 0 bridgehead atoms. The van der Waals surface area contributed by atoms with Gasteiger partial charge >= 0.3 is 0 Å². The number of hydrogen-bond donors (Lipinski definition) is 1. The molecule has 0 aliphatic carbocycles. The average molecular weight is 428 g/mol. The molecule has 0 saturated carbocycles. The van der Waals surface area contributed by atoms with Crippen molar-refractivity contribution in [2.45, 2.75) is 18.7 Å². The number of allylic oxidation sites excluding steroid dienone is 1. The van der Waals surface area contributed by atoms with E-state index in [0.29, 0.717) is 43.0 Å². The van der Waals surface area contributed by atoms with Gasteiger partial charge in [-0.25, -0.2) is 8.42 Å². The zero-order valence-corrected chi connectivity index (χ0v) is 18.1. The highest BCUT2D eigenvalue weighted by Crippen LogP contribution is 2.36. The van der Waals surface area contributed by atoms with E-state index in [-0.39, 0.29) is 10.8 Å². The van der Waals surface area contributed by atoms with E-state index >= 15 is 0 Å². The molecule has 158 valence electrons. The van der Waals surface area contributed by atoms with Crippen LogP contribution in [0, 0.1) is 0 Å². The molecule has 1 N–H and O–H groups in total. The molecule has 2 aromatic carbocycles. The summed E-state index contributed by atoms with van der Waals surface area (Å²) in [6.07, 6.45) is 0. The molecule has 8 heteroatoms. The SMILES string of the molecule is COc1ccccc1N1CCN(S(=O)(=O)c2ccc3c(c2)C(=C(C)C)C(=O)N3)CC1. The molecule has 2 aliphatic rings. The van der Waals surface area contributed by atoms with Gasteiger partial charge in [0.2, 0.25) is 10.0 Å². The first-order valence-corrected chi connectivity index (χ1v) is 11.3. The van der Waals surface area contributed by atoms with Gasteiger partial charge in [0.15, 0.2) is 0 Å². The second-order valence-corrected chi connectivity index (χ2v) is 9.54. The molecule has 0 aromatic heterocycles. The number of hydrogen-bond acceptors (Lipinski definition) is 5. The fourth-order valence-corrected chi connectivity index (χ4v) is 5.46. The zero-order chi connectivity index (χ0) is 21.5. The lowest BCUT2D eigenvalue weighted by Crippen LogP contribution is -2.48. The van der Waals surface area contributed by atoms with Crippen LogP contribution in [0.1, 0.15) is 19.4 Å². The second-order valence-electron chi connectivity index (χ2n) is 7.60. The maximum absolute atomic E-state index is 13.3. The van der Waals surface area contributed by atoms with Gasteiger partial charge in [0.05, 0.1) is 17.7 Å². The van der Waals surface area contributed by atoms with Gasteiger partial charge in [0, 0.05) is 43.0 Å². The van der Waals surface area contributed by atoms with Crippen molar-refractivity contribution in [1.82, 2.24) is 4.31 Å². The monoisotopic (exact) mass is 427 g/mol. The van der Waals surface area contributed by atoms with Crippen molar-refractivity contribution >= 4 is 32.9 Å². The minimum atomic E-state index is -3.66. The largest absolute Gasteiger partial charge is 0.495 e. The molecule has 2 aromatic rings. The third-order valence-electron chi connectivity index (χ3n) is 5.54. The fraction of sp³-hybridized carbons (Fsp3) is 0.318. The highest BCUT2D eigenvalue weighted by atomic mass is 32.2. The molecule has 2 aliphatic heterocycles. The molecule has 1 saturated heterocycles. The summed E-state index contributed by atoms with van der Waals surface area (Å²) in [5.41, 5.74) is 3.66. The molecule has 0 atom stereocenters. The predicted molar refractivity (Wildman–Crippen MR) is 117 cm³/mol. The molecule has 7 nitrogen and oxygen atoms in total. The maximum Gasteiger partial charge on any atom is 0.256 e. The van der Waals surface area contributed by atoms with Gasteiger partial charge in [0.25, 0.3) is 5.91 Å². The molecule has 0 unspecified atom stereocenters. The maximum atomic E-state index is 13.3. The van der Waals surface area contributed by atoms with E-state index in [1.807, 2.05) is 38.1 Å². The lowest BCUT2D eigenvalue weighted by molar-refractivity contribution is -0.110. The molecule has 0 radical (unpaired) electrons. The van der Waals surface area contributed by atoms with Crippen LogP contribution >= 0.6 is 0 Å². The highest BCUT2D eigenvalue weighted by molar-refractivity contribution is 7.89. The Kier molecular flexibility index (Phi) is 5.29. The quantitative estimate of drug-likeness (QED) is 0.759. The molecule has 30 heavy (non-hydrogen) atoms. The number of amides is 1. The fourth-order valence-electron chi connectivity index (χ4n) is 4.01. The smallest absolute Gasteiger partial charge is 0.256 e. The van der Waals surface area contributed by atoms with Crippen LogP contribution < -0.4 is 15.0 Å². The van der Waals surface area contributed by atoms with Crippen LogP contribution in [0.5, 0.6) is 5.75 Å². The Morgan fingerprint density at radius 1 is 1.03 bits per heavy atom. The van der Waals surface area contributed by atoms with E-state index in [9.17, 15) is 13.2 Å². The van der Waals surface area contributed by atoms with Gasteiger partial charge in [-0.1, -0.05) is 17.7 Å². The van der Waals surface area contributed by atoms with Gasteiger partial charge in [-0.05, 0) is 44.2 Å². The van der Waals surface area contributed by atoms with Crippen molar-refractivity contribution in [1.29, 1.82) is 0 Å². The van der Waals surface area contributed by atoms with Crippen molar-refractivity contribution in [2.24, 2.45) is 0 Å². The molecule has 1 fully saturated rings. The van der Waals surface area contributed by atoms with Crippen molar-refractivity contribution in [2.75, 3.05) is 43.5 Å². The van der Waals surface area contributed by atoms with E-state index in [4.69, 9.17) is 4.74 Å². The Balaban J connectivity index is 1.56. The number of carbonyl (C=O) groups excluding carboxylic acids is 1. The van der Waals surface area contributed by atoms with E-state index in [0.717, 1.165) is 17.0 Å². The number of anilines is 2. The second kappa shape index (κ2) is 7.77. The molecule has 4 rings (SSSR count). The summed E-state index contributed by atoms with van der Waals surface area (Å²) in [4.78, 5) is 14.6. The van der Waals surface area contributed by atoms with Crippen LogP contribution in [0.2, 0.25) is 0 Å². The van der Waals surface area contributed by atoms with Crippen molar-refractivity contribution in [3.8, 4) is 5.75 Å². The summed E-state index contributed by atoms with van der Waals surface area (Å²) in [6.45, 7) is 5.60. The van der Waals surface area contributed by atoms with E-state index in [1.165, 1.54) is 4.31 Å². The first kappa shape index (κ1) is 20.4. The number of piperazine rings is 1. The number of ether oxygens (including phenoxy) is 1. The minimum absolute atomic E-state index is 0.190. The number of rotatable bonds is 4. The number of benzene rings is 2. The van der Waals surface area contributed by atoms with Crippen LogP contribution in [-0.2, 0) is 14.8 Å². The number of carbonyl (C=O) groups is 1. The Bertz CT molecular complexity index is 1130. The van der Waals surface area contributed by atoms with E-state index < -0.39 is 10.0 Å². The Labute approximate surface area is 177 Å². The van der Waals surface area contributed by atoms with Crippen LogP contribution in [0.4, 0.5) is 11.4 Å². The lowest BCUT2D eigenvalue weighted by atomic mass is 10.0. The minimum Gasteiger partial charge on any atom is -0.495 e. The van der Waals surface area contributed by atoms with Crippen LogP contribution in [0.3, 0.4) is 0 Å². The molecular formula is C22H25N3O4S. The van der Waals surface area contributed by atoms with Crippen LogP contribution in [-0.4, -0.2) is 51.9 Å². The Morgan fingerprint density at radius 2 is 1.73 bits per heavy atom. The predicted octanol–water partition coefficient (Wildman–Crippen LogP) is 2.95. The lowest BCUT2D eigenvalue weighted by Gasteiger charge is -2.36. The zero-order valence-electron chi connectivity index (χ0n) is 17.3. The number of para-hydroxylation sites is 2. The summed E-state index contributed by atoms with van der Waals surface area (Å²) in [5, 5.41) is 2.80. The molecule has 0 spiro atoms. The van der Waals surface area contributed by atoms with Gasteiger partial charge in [-0.15, -0.1) is 0 Å². The average Bonchev–Trinajstić information content (AvgIpc) is 3.08. The number of methoxy groups -OCH3 is 1. The number of fused-ring (bicyclic) bond motifs is 1. The van der Waals surface area contributed by atoms with Crippen LogP contribution in [0.15, 0.2) is 52.9 Å². The molecule has 2 heterocycles. The number of nitrogens with zero attached hydrogens (tertiary/aromatic N) is 2. The van der Waals surface area contributed by atoms with Gasteiger partial charge in [0.1, 0.15) is 5.75 Å². The van der Waals surface area contributed by atoms with Gasteiger partial charge in [-0.2, -0.15) is 4.31 Å². The first-order chi connectivity index (χ1) is 14.3. The van der Waals surface area contributed by atoms with E-state index in [2.05, 4.69) is 10.2 Å². The van der Waals surface area contributed by atoms with Gasteiger partial charge in [-0.3, -0.25) is 4.79 Å². The highest BCUT2D eigenvalue weighted by Gasteiger charge is 2.32. The van der Waals surface area contributed by atoms with Crippen molar-refractivity contribution in [3.05, 3.63) is 53.6 Å². The van der Waals surface area contributed by atoms with Crippen molar-refractivity contribution in [3.63, 3.8) is 0 Å². The third kappa shape index (κ3) is 3.46. The normalized spacial score (nSPS) is 17.0. The number of sulfonamides is 1. The topological polar surface area (TPSA) is 79.0 Å². The van der Waals surface area contributed by atoms with Crippen molar-refractivity contribution < 1.29 is 17.9 Å². The van der Waals surface area contributed by atoms with Gasteiger partial charge < -0.3 is 15.0 Å². The van der Waals surface area contributed by atoms with Crippen LogP contribution in [0.25, 0.3) is 5.57 Å². The summed E-state index contributed by atoms with van der Waals surface area (Å²) in [7, 11) is -2.03. The molecular weight excluding hydrogens is 402 g/mol. The summed E-state index contributed by atoms with van der Waals surface area (Å²) in [6, 6.07) is 12.6. The third-order valence-corrected chi connectivity index (χ3v) is 7.43. The first-order valence-electron chi connectivity index (χ1n) is 9.84. The summed E-state index contributed by atoms with van der Waals surface area (Å²) >= 11 is 0. The number of nitrogens with one attached hydrogen (secondary N) is 1. The van der Waals surface area contributed by atoms with E-state index in [1.54, 1.807) is 25.3 Å². The molecule has 1 amide bonds.